The van der Waals surface area contributed by atoms with E-state index in [1.165, 1.54) is 0 Å². The van der Waals surface area contributed by atoms with Gasteiger partial charge in [0, 0.05) is 52.1 Å². The molecule has 6 heteroatoms. The van der Waals surface area contributed by atoms with Crippen LogP contribution >= 0.6 is 11.6 Å². The van der Waals surface area contributed by atoms with E-state index in [4.69, 9.17) is 11.6 Å². The molecule has 1 heterocycles. The number of piperazine rings is 1. The standard InChI is InChI=1S/C11H20ClN3O2/c1-9(8-12)10(16)14-4-6-15(7-5-14)11(17)13(2)3/h9H,4-8H2,1-3H3. The third-order valence-corrected chi connectivity index (χ3v) is 3.36. The Bertz CT molecular complexity index is 288. The molecule has 0 aromatic heterocycles. The average Bonchev–Trinajstić information content (AvgIpc) is 2.36. The van der Waals surface area contributed by atoms with Crippen LogP contribution in [0.3, 0.4) is 0 Å². The van der Waals surface area contributed by atoms with Crippen molar-refractivity contribution in [2.75, 3.05) is 46.2 Å². The molecule has 1 unspecified atom stereocenters. The van der Waals surface area contributed by atoms with Gasteiger partial charge in [-0.25, -0.2) is 4.79 Å². The first-order valence-electron chi connectivity index (χ1n) is 5.78. The van der Waals surface area contributed by atoms with Crippen molar-refractivity contribution >= 4 is 23.5 Å². The molecule has 0 aromatic rings. The summed E-state index contributed by atoms with van der Waals surface area (Å²) >= 11 is 5.67. The number of alkyl halides is 1. The van der Waals surface area contributed by atoms with E-state index in [9.17, 15) is 9.59 Å². The Morgan fingerprint density at radius 1 is 1.18 bits per heavy atom. The lowest BCUT2D eigenvalue weighted by atomic mass is 10.1. The summed E-state index contributed by atoms with van der Waals surface area (Å²) in [7, 11) is 3.46. The van der Waals surface area contributed by atoms with Crippen LogP contribution in [0.4, 0.5) is 4.79 Å². The van der Waals surface area contributed by atoms with Gasteiger partial charge in [0.1, 0.15) is 0 Å². The predicted molar refractivity (Wildman–Crippen MR) is 67.1 cm³/mol. The van der Waals surface area contributed by atoms with Crippen molar-refractivity contribution in [1.82, 2.24) is 14.7 Å². The molecule has 1 atom stereocenters. The van der Waals surface area contributed by atoms with Crippen LogP contribution < -0.4 is 0 Å². The molecule has 1 aliphatic rings. The van der Waals surface area contributed by atoms with E-state index in [1.54, 1.807) is 28.8 Å². The maximum atomic E-state index is 11.9. The molecule has 0 bridgehead atoms. The Morgan fingerprint density at radius 3 is 2.06 bits per heavy atom. The summed E-state index contributed by atoms with van der Waals surface area (Å²) in [6, 6.07) is 0.00231. The van der Waals surface area contributed by atoms with Gasteiger partial charge >= 0.3 is 6.03 Å². The normalized spacial score (nSPS) is 17.9. The van der Waals surface area contributed by atoms with Crippen molar-refractivity contribution in [3.8, 4) is 0 Å². The smallest absolute Gasteiger partial charge is 0.319 e. The van der Waals surface area contributed by atoms with Crippen LogP contribution in [0.25, 0.3) is 0 Å². The number of amides is 3. The lowest BCUT2D eigenvalue weighted by Gasteiger charge is -2.36. The van der Waals surface area contributed by atoms with Crippen molar-refractivity contribution in [2.24, 2.45) is 5.92 Å². The third-order valence-electron chi connectivity index (χ3n) is 2.90. The zero-order valence-electron chi connectivity index (χ0n) is 10.6. The predicted octanol–water partition coefficient (Wildman–Crippen LogP) is 0.687. The first kappa shape index (κ1) is 14.1. The van der Waals surface area contributed by atoms with E-state index in [0.29, 0.717) is 32.1 Å². The van der Waals surface area contributed by atoms with Crippen molar-refractivity contribution in [1.29, 1.82) is 0 Å². The van der Waals surface area contributed by atoms with Gasteiger partial charge in [0.2, 0.25) is 5.91 Å². The summed E-state index contributed by atoms with van der Waals surface area (Å²) in [4.78, 5) is 28.7. The van der Waals surface area contributed by atoms with Gasteiger partial charge in [-0.3, -0.25) is 4.79 Å². The monoisotopic (exact) mass is 261 g/mol. The number of urea groups is 1. The van der Waals surface area contributed by atoms with Crippen LogP contribution in [0, 0.1) is 5.92 Å². The number of carbonyl (C=O) groups is 2. The Balaban J connectivity index is 2.46. The fourth-order valence-electron chi connectivity index (χ4n) is 1.78. The third kappa shape index (κ3) is 3.49. The molecular formula is C11H20ClN3O2. The van der Waals surface area contributed by atoms with Crippen LogP contribution in [-0.4, -0.2) is 72.8 Å². The van der Waals surface area contributed by atoms with Gasteiger partial charge in [-0.1, -0.05) is 6.92 Å². The molecule has 0 aromatic carbocycles. The highest BCUT2D eigenvalue weighted by Gasteiger charge is 2.26. The zero-order valence-corrected chi connectivity index (χ0v) is 11.4. The first-order valence-corrected chi connectivity index (χ1v) is 6.31. The highest BCUT2D eigenvalue weighted by atomic mass is 35.5. The number of halogens is 1. The molecule has 0 aliphatic carbocycles. The topological polar surface area (TPSA) is 43.9 Å². The van der Waals surface area contributed by atoms with E-state index in [-0.39, 0.29) is 17.9 Å². The van der Waals surface area contributed by atoms with Gasteiger partial charge in [-0.05, 0) is 0 Å². The quantitative estimate of drug-likeness (QED) is 0.687. The molecule has 1 rings (SSSR count). The number of hydrogen-bond donors (Lipinski definition) is 0. The van der Waals surface area contributed by atoms with Crippen LogP contribution in [-0.2, 0) is 4.79 Å². The molecule has 1 aliphatic heterocycles. The number of nitrogens with zero attached hydrogens (tertiary/aromatic N) is 3. The fourth-order valence-corrected chi connectivity index (χ4v) is 1.91. The van der Waals surface area contributed by atoms with Crippen LogP contribution in [0.1, 0.15) is 6.92 Å². The second-order valence-electron chi connectivity index (χ2n) is 4.54. The molecule has 0 radical (unpaired) electrons. The van der Waals surface area contributed by atoms with Gasteiger partial charge in [-0.15, -0.1) is 11.6 Å². The first-order chi connectivity index (χ1) is 7.97. The van der Waals surface area contributed by atoms with Gasteiger partial charge in [-0.2, -0.15) is 0 Å². The maximum Gasteiger partial charge on any atom is 0.319 e. The lowest BCUT2D eigenvalue weighted by molar-refractivity contribution is -0.135. The molecule has 0 N–H and O–H groups in total. The molecule has 98 valence electrons. The molecule has 1 saturated heterocycles. The van der Waals surface area contributed by atoms with E-state index < -0.39 is 0 Å². The van der Waals surface area contributed by atoms with E-state index in [2.05, 4.69) is 0 Å². The summed E-state index contributed by atoms with van der Waals surface area (Å²) in [6.45, 7) is 4.21. The zero-order chi connectivity index (χ0) is 13.0. The van der Waals surface area contributed by atoms with Gasteiger partial charge < -0.3 is 14.7 Å². The second kappa shape index (κ2) is 6.10. The average molecular weight is 262 g/mol. The molecule has 0 spiro atoms. The van der Waals surface area contributed by atoms with Gasteiger partial charge in [0.15, 0.2) is 0 Å². The summed E-state index contributed by atoms with van der Waals surface area (Å²) in [5.74, 6) is 0.278. The summed E-state index contributed by atoms with van der Waals surface area (Å²) < 4.78 is 0. The van der Waals surface area contributed by atoms with Crippen molar-refractivity contribution < 1.29 is 9.59 Å². The Morgan fingerprint density at radius 2 is 1.65 bits per heavy atom. The molecule has 1 fully saturated rings. The van der Waals surface area contributed by atoms with Crippen molar-refractivity contribution in [3.05, 3.63) is 0 Å². The minimum atomic E-state index is -0.146. The summed E-state index contributed by atoms with van der Waals surface area (Å²) in [6.07, 6.45) is 0. The number of hydrogen-bond acceptors (Lipinski definition) is 2. The Hall–Kier alpha value is -0.970. The molecular weight excluding hydrogens is 242 g/mol. The maximum absolute atomic E-state index is 11.9. The van der Waals surface area contributed by atoms with Crippen LogP contribution in [0.15, 0.2) is 0 Å². The Kier molecular flexibility index (Phi) is 5.05. The van der Waals surface area contributed by atoms with Crippen molar-refractivity contribution in [2.45, 2.75) is 6.92 Å². The highest BCUT2D eigenvalue weighted by Crippen LogP contribution is 2.09. The number of rotatable bonds is 2. The second-order valence-corrected chi connectivity index (χ2v) is 4.85. The van der Waals surface area contributed by atoms with Gasteiger partial charge in [0.05, 0.1) is 0 Å². The van der Waals surface area contributed by atoms with Gasteiger partial charge in [0.25, 0.3) is 0 Å². The minimum Gasteiger partial charge on any atom is -0.339 e. The molecule has 17 heavy (non-hydrogen) atoms. The summed E-state index contributed by atoms with van der Waals surface area (Å²) in [5.41, 5.74) is 0. The largest absolute Gasteiger partial charge is 0.339 e. The van der Waals surface area contributed by atoms with E-state index in [1.807, 2.05) is 6.92 Å². The van der Waals surface area contributed by atoms with Crippen LogP contribution in [0.2, 0.25) is 0 Å². The molecule has 0 saturated carbocycles. The molecule has 5 nitrogen and oxygen atoms in total. The molecule has 3 amide bonds. The SMILES string of the molecule is CC(CCl)C(=O)N1CCN(C(=O)N(C)C)CC1. The van der Waals surface area contributed by atoms with E-state index >= 15 is 0 Å². The highest BCUT2D eigenvalue weighted by molar-refractivity contribution is 6.19. The van der Waals surface area contributed by atoms with E-state index in [0.717, 1.165) is 0 Å². The summed E-state index contributed by atoms with van der Waals surface area (Å²) in [5, 5.41) is 0. The Labute approximate surface area is 107 Å². The van der Waals surface area contributed by atoms with Crippen LogP contribution in [0.5, 0.6) is 0 Å². The number of carbonyl (C=O) groups excluding carboxylic acids is 2. The minimum absolute atomic E-state index is 0.00231. The van der Waals surface area contributed by atoms with Crippen molar-refractivity contribution in [3.63, 3.8) is 0 Å². The lowest BCUT2D eigenvalue weighted by Crippen LogP contribution is -2.53. The fraction of sp³-hybridized carbons (Fsp3) is 0.818.